The molecule has 2 rings (SSSR count). The molecule has 0 radical (unpaired) electrons. The van der Waals surface area contributed by atoms with Crippen molar-refractivity contribution in [2.45, 2.75) is 13.0 Å². The minimum atomic E-state index is -0.693. The first-order valence-corrected chi connectivity index (χ1v) is 7.72. The zero-order valence-electron chi connectivity index (χ0n) is 13.8. The van der Waals surface area contributed by atoms with E-state index in [9.17, 15) is 14.7 Å². The minimum Gasteiger partial charge on any atom is -0.503 e. The average Bonchev–Trinajstić information content (AvgIpc) is 2.83. The van der Waals surface area contributed by atoms with E-state index in [1.54, 1.807) is 24.3 Å². The van der Waals surface area contributed by atoms with Crippen LogP contribution in [0.5, 0.6) is 5.75 Å². The summed E-state index contributed by atoms with van der Waals surface area (Å²) >= 11 is 0. The second-order valence-corrected chi connectivity index (χ2v) is 5.44. The number of hydrogen-bond acceptors (Lipinski definition) is 6. The molecular weight excluding hydrogens is 312 g/mol. The molecule has 0 aliphatic carbocycles. The standard InChI is InChI=1S/C17H22N2O5/c1-11(21)14-15(12-5-3-4-6-13(12)24-2)19(17(23)16(14)22)9-7-18-8-10-20/h3-6,15,18,20,22H,7-10H2,1-2H3. The van der Waals surface area contributed by atoms with Crippen molar-refractivity contribution in [2.24, 2.45) is 0 Å². The number of Topliss-reactive ketones (excluding diaryl/α,β-unsaturated/α-hetero) is 1. The van der Waals surface area contributed by atoms with Gasteiger partial charge in [0.25, 0.3) is 5.91 Å². The molecule has 0 aromatic heterocycles. The van der Waals surface area contributed by atoms with Crippen molar-refractivity contribution in [2.75, 3.05) is 33.4 Å². The number of para-hydroxylation sites is 1. The van der Waals surface area contributed by atoms with E-state index in [1.807, 2.05) is 0 Å². The molecule has 24 heavy (non-hydrogen) atoms. The summed E-state index contributed by atoms with van der Waals surface area (Å²) in [6.07, 6.45) is 0. The number of aliphatic hydroxyl groups excluding tert-OH is 2. The van der Waals surface area contributed by atoms with Crippen LogP contribution in [0.4, 0.5) is 0 Å². The summed E-state index contributed by atoms with van der Waals surface area (Å²) in [4.78, 5) is 25.9. The van der Waals surface area contributed by atoms with Gasteiger partial charge >= 0.3 is 0 Å². The maximum Gasteiger partial charge on any atom is 0.290 e. The second kappa shape index (κ2) is 7.94. The quantitative estimate of drug-likeness (QED) is 0.601. The number of methoxy groups -OCH3 is 1. The minimum absolute atomic E-state index is 0.00786. The molecule has 1 aromatic carbocycles. The molecule has 3 N–H and O–H groups in total. The van der Waals surface area contributed by atoms with E-state index in [-0.39, 0.29) is 24.5 Å². The monoisotopic (exact) mass is 334 g/mol. The third-order valence-corrected chi connectivity index (χ3v) is 3.93. The number of nitrogens with one attached hydrogen (secondary N) is 1. The van der Waals surface area contributed by atoms with Crippen molar-refractivity contribution >= 4 is 11.7 Å². The van der Waals surface area contributed by atoms with Gasteiger partial charge in [-0.15, -0.1) is 0 Å². The topological polar surface area (TPSA) is 99.1 Å². The molecular formula is C17H22N2O5. The Kier molecular flexibility index (Phi) is 5.94. The molecule has 0 saturated carbocycles. The summed E-state index contributed by atoms with van der Waals surface area (Å²) in [7, 11) is 1.51. The fourth-order valence-corrected chi connectivity index (χ4v) is 2.86. The van der Waals surface area contributed by atoms with Crippen molar-refractivity contribution in [1.82, 2.24) is 10.2 Å². The Morgan fingerprint density at radius 3 is 2.67 bits per heavy atom. The van der Waals surface area contributed by atoms with Gasteiger partial charge in [-0.05, 0) is 13.0 Å². The highest BCUT2D eigenvalue weighted by atomic mass is 16.5. The zero-order chi connectivity index (χ0) is 17.7. The smallest absolute Gasteiger partial charge is 0.290 e. The normalized spacial score (nSPS) is 17.5. The number of ketones is 1. The lowest BCUT2D eigenvalue weighted by atomic mass is 9.96. The Balaban J connectivity index is 2.39. The Labute approximate surface area is 140 Å². The summed E-state index contributed by atoms with van der Waals surface area (Å²) in [6.45, 7) is 2.43. The fraction of sp³-hybridized carbons (Fsp3) is 0.412. The number of aliphatic hydroxyl groups is 2. The van der Waals surface area contributed by atoms with Crippen molar-refractivity contribution in [3.8, 4) is 5.75 Å². The van der Waals surface area contributed by atoms with E-state index in [4.69, 9.17) is 9.84 Å². The van der Waals surface area contributed by atoms with Crippen LogP contribution in [0, 0.1) is 0 Å². The molecule has 1 aliphatic heterocycles. The number of ether oxygens (including phenoxy) is 1. The molecule has 1 heterocycles. The molecule has 1 atom stereocenters. The van der Waals surface area contributed by atoms with Crippen LogP contribution in [0.3, 0.4) is 0 Å². The van der Waals surface area contributed by atoms with Crippen LogP contribution in [0.15, 0.2) is 35.6 Å². The Morgan fingerprint density at radius 2 is 2.04 bits per heavy atom. The van der Waals surface area contributed by atoms with Crippen molar-refractivity contribution < 1.29 is 24.5 Å². The molecule has 7 nitrogen and oxygen atoms in total. The molecule has 0 spiro atoms. The second-order valence-electron chi connectivity index (χ2n) is 5.44. The van der Waals surface area contributed by atoms with Crippen LogP contribution in [-0.2, 0) is 9.59 Å². The number of hydrogen-bond donors (Lipinski definition) is 3. The molecule has 0 saturated heterocycles. The SMILES string of the molecule is COc1ccccc1C1C(C(C)=O)=C(O)C(=O)N1CCNCCO. The highest BCUT2D eigenvalue weighted by molar-refractivity contribution is 6.08. The van der Waals surface area contributed by atoms with Crippen LogP contribution in [-0.4, -0.2) is 60.2 Å². The average molecular weight is 334 g/mol. The van der Waals surface area contributed by atoms with Gasteiger partial charge in [-0.3, -0.25) is 9.59 Å². The number of rotatable bonds is 8. The maximum absolute atomic E-state index is 12.4. The van der Waals surface area contributed by atoms with Crippen molar-refractivity contribution in [3.05, 3.63) is 41.2 Å². The molecule has 1 unspecified atom stereocenters. The highest BCUT2D eigenvalue weighted by Gasteiger charge is 2.43. The number of benzene rings is 1. The third-order valence-electron chi connectivity index (χ3n) is 3.93. The Bertz CT molecular complexity index is 656. The van der Waals surface area contributed by atoms with Crippen LogP contribution in [0.25, 0.3) is 0 Å². The Morgan fingerprint density at radius 1 is 1.33 bits per heavy atom. The van der Waals surface area contributed by atoms with Crippen LogP contribution < -0.4 is 10.1 Å². The molecule has 7 heteroatoms. The van der Waals surface area contributed by atoms with Crippen LogP contribution >= 0.6 is 0 Å². The van der Waals surface area contributed by atoms with E-state index in [0.717, 1.165) is 0 Å². The fourth-order valence-electron chi connectivity index (χ4n) is 2.86. The van der Waals surface area contributed by atoms with Gasteiger partial charge in [-0.1, -0.05) is 18.2 Å². The van der Waals surface area contributed by atoms with E-state index >= 15 is 0 Å². The summed E-state index contributed by atoms with van der Waals surface area (Å²) < 4.78 is 5.35. The van der Waals surface area contributed by atoms with E-state index < -0.39 is 17.7 Å². The molecule has 1 aliphatic rings. The number of carbonyl (C=O) groups excluding carboxylic acids is 2. The predicted octanol–water partition coefficient (Wildman–Crippen LogP) is 0.561. The first kappa shape index (κ1) is 18.0. The van der Waals surface area contributed by atoms with E-state index in [1.165, 1.54) is 18.9 Å². The van der Waals surface area contributed by atoms with Crippen molar-refractivity contribution in [1.29, 1.82) is 0 Å². The zero-order valence-corrected chi connectivity index (χ0v) is 13.8. The number of amides is 1. The van der Waals surface area contributed by atoms with Crippen LogP contribution in [0.1, 0.15) is 18.5 Å². The molecule has 130 valence electrons. The van der Waals surface area contributed by atoms with Gasteiger partial charge in [-0.25, -0.2) is 0 Å². The molecule has 1 amide bonds. The first-order chi connectivity index (χ1) is 11.5. The van der Waals surface area contributed by atoms with Gasteiger partial charge in [0.05, 0.1) is 25.3 Å². The highest BCUT2D eigenvalue weighted by Crippen LogP contribution is 2.40. The van der Waals surface area contributed by atoms with Gasteiger partial charge in [0.1, 0.15) is 5.75 Å². The molecule has 1 aromatic rings. The summed E-state index contributed by atoms with van der Waals surface area (Å²) in [5.74, 6) is -0.915. The third kappa shape index (κ3) is 3.42. The van der Waals surface area contributed by atoms with E-state index in [2.05, 4.69) is 5.32 Å². The lowest BCUT2D eigenvalue weighted by Gasteiger charge is -2.27. The summed E-state index contributed by atoms with van der Waals surface area (Å²) in [5, 5.41) is 22.0. The van der Waals surface area contributed by atoms with Gasteiger partial charge in [0, 0.05) is 25.2 Å². The van der Waals surface area contributed by atoms with Crippen LogP contribution in [0.2, 0.25) is 0 Å². The number of carbonyl (C=O) groups is 2. The Hall–Kier alpha value is -2.38. The maximum atomic E-state index is 12.4. The lowest BCUT2D eigenvalue weighted by molar-refractivity contribution is -0.129. The van der Waals surface area contributed by atoms with Gasteiger partial charge in [0.2, 0.25) is 0 Å². The largest absolute Gasteiger partial charge is 0.503 e. The van der Waals surface area contributed by atoms with E-state index in [0.29, 0.717) is 24.4 Å². The molecule has 0 fully saturated rings. The predicted molar refractivity (Wildman–Crippen MR) is 87.7 cm³/mol. The number of nitrogens with zero attached hydrogens (tertiary/aromatic N) is 1. The van der Waals surface area contributed by atoms with Gasteiger partial charge in [0.15, 0.2) is 11.5 Å². The lowest BCUT2D eigenvalue weighted by Crippen LogP contribution is -2.37. The van der Waals surface area contributed by atoms with Gasteiger partial charge in [-0.2, -0.15) is 0 Å². The first-order valence-electron chi connectivity index (χ1n) is 7.72. The van der Waals surface area contributed by atoms with Gasteiger partial charge < -0.3 is 25.2 Å². The summed E-state index contributed by atoms with van der Waals surface area (Å²) in [6, 6.07) is 6.41. The van der Waals surface area contributed by atoms with Crippen molar-refractivity contribution in [3.63, 3.8) is 0 Å². The molecule has 0 bridgehead atoms. The summed E-state index contributed by atoms with van der Waals surface area (Å²) in [5.41, 5.74) is 0.719.